The number of nitrogens with two attached hydrogens (primary N) is 1. The molecule has 0 amide bonds. The van der Waals surface area contributed by atoms with Crippen molar-refractivity contribution in [2.45, 2.75) is 51.5 Å². The number of aryl methyl sites for hydroxylation is 1. The summed E-state index contributed by atoms with van der Waals surface area (Å²) in [5.41, 5.74) is 8.68. The van der Waals surface area contributed by atoms with E-state index < -0.39 is 0 Å². The van der Waals surface area contributed by atoms with Gasteiger partial charge in [-0.05, 0) is 56.5 Å². The fraction of sp³-hybridized carbons (Fsp3) is 0.391. The van der Waals surface area contributed by atoms with Crippen molar-refractivity contribution in [3.05, 3.63) is 53.6 Å². The Morgan fingerprint density at radius 2 is 1.93 bits per heavy atom. The summed E-state index contributed by atoms with van der Waals surface area (Å²) < 4.78 is 8.29. The minimum Gasteiger partial charge on any atom is -0.453 e. The van der Waals surface area contributed by atoms with Crippen LogP contribution in [0.4, 0.5) is 0 Å². The molecule has 7 heteroatoms. The summed E-state index contributed by atoms with van der Waals surface area (Å²) in [4.78, 5) is 8.95. The highest BCUT2D eigenvalue weighted by Crippen LogP contribution is 2.35. The summed E-state index contributed by atoms with van der Waals surface area (Å²) in [7, 11) is 0. The van der Waals surface area contributed by atoms with Crippen LogP contribution in [0.2, 0.25) is 0 Å². The zero-order chi connectivity index (χ0) is 20.9. The van der Waals surface area contributed by atoms with E-state index in [0.29, 0.717) is 35.5 Å². The predicted molar refractivity (Wildman–Crippen MR) is 114 cm³/mol. The minimum absolute atomic E-state index is 0.429. The highest BCUT2D eigenvalue weighted by molar-refractivity contribution is 5.66. The Labute approximate surface area is 176 Å². The van der Waals surface area contributed by atoms with Gasteiger partial charge in [-0.2, -0.15) is 10.4 Å². The van der Waals surface area contributed by atoms with Crippen LogP contribution in [0.25, 0.3) is 11.4 Å². The van der Waals surface area contributed by atoms with Crippen LogP contribution < -0.4 is 10.5 Å². The molecule has 154 valence electrons. The van der Waals surface area contributed by atoms with Gasteiger partial charge in [0.15, 0.2) is 11.6 Å². The predicted octanol–water partition coefficient (Wildman–Crippen LogP) is 4.32. The molecule has 2 aromatic heterocycles. The van der Waals surface area contributed by atoms with E-state index in [0.717, 1.165) is 36.1 Å². The third-order valence-corrected chi connectivity index (χ3v) is 5.53. The SMILES string of the molecule is Cc1nn(C2CCCCC2)cc1Oc1cc(C#N)ccc1-c1ncc(CCN)cn1. The maximum atomic E-state index is 9.35. The smallest absolute Gasteiger partial charge is 0.168 e. The molecule has 3 aromatic rings. The molecule has 0 spiro atoms. The third kappa shape index (κ3) is 4.34. The van der Waals surface area contributed by atoms with Crippen LogP contribution in [-0.2, 0) is 6.42 Å². The van der Waals surface area contributed by atoms with E-state index in [1.165, 1.54) is 19.3 Å². The maximum Gasteiger partial charge on any atom is 0.168 e. The summed E-state index contributed by atoms with van der Waals surface area (Å²) in [6, 6.07) is 7.90. The Kier molecular flexibility index (Phi) is 6.05. The van der Waals surface area contributed by atoms with E-state index in [1.54, 1.807) is 24.5 Å². The average molecular weight is 403 g/mol. The fourth-order valence-electron chi connectivity index (χ4n) is 3.87. The zero-order valence-corrected chi connectivity index (χ0v) is 17.2. The Bertz CT molecular complexity index is 1040. The number of rotatable bonds is 6. The van der Waals surface area contributed by atoms with Crippen molar-refractivity contribution < 1.29 is 4.74 Å². The van der Waals surface area contributed by atoms with Crippen molar-refractivity contribution >= 4 is 0 Å². The number of benzene rings is 1. The summed E-state index contributed by atoms with van der Waals surface area (Å²) in [6.45, 7) is 2.50. The van der Waals surface area contributed by atoms with E-state index in [-0.39, 0.29) is 0 Å². The number of hydrogen-bond donors (Lipinski definition) is 1. The summed E-state index contributed by atoms with van der Waals surface area (Å²) in [5.74, 6) is 1.79. The molecule has 0 bridgehead atoms. The topological polar surface area (TPSA) is 103 Å². The zero-order valence-electron chi connectivity index (χ0n) is 17.2. The number of nitrogens with zero attached hydrogens (tertiary/aromatic N) is 5. The first-order chi connectivity index (χ1) is 14.7. The Balaban J connectivity index is 1.65. The molecule has 4 rings (SSSR count). The van der Waals surface area contributed by atoms with Gasteiger partial charge < -0.3 is 10.5 Å². The van der Waals surface area contributed by atoms with Gasteiger partial charge in [-0.15, -0.1) is 0 Å². The fourth-order valence-corrected chi connectivity index (χ4v) is 3.87. The first kappa shape index (κ1) is 20.0. The maximum absolute atomic E-state index is 9.35. The summed E-state index contributed by atoms with van der Waals surface area (Å²) >= 11 is 0. The molecule has 1 fully saturated rings. The quantitative estimate of drug-likeness (QED) is 0.659. The molecule has 2 N–H and O–H groups in total. The second kappa shape index (κ2) is 9.06. The van der Waals surface area contributed by atoms with Crippen LogP contribution in [-0.4, -0.2) is 26.3 Å². The molecule has 0 saturated heterocycles. The molecule has 0 unspecified atom stereocenters. The number of nitriles is 1. The molecular weight excluding hydrogens is 376 g/mol. The van der Waals surface area contributed by atoms with Gasteiger partial charge in [0.2, 0.25) is 0 Å². The van der Waals surface area contributed by atoms with Crippen molar-refractivity contribution in [2.24, 2.45) is 5.73 Å². The van der Waals surface area contributed by atoms with E-state index in [1.807, 2.05) is 23.9 Å². The van der Waals surface area contributed by atoms with Gasteiger partial charge in [-0.1, -0.05) is 19.3 Å². The standard InChI is InChI=1S/C23H26N6O/c1-16-22(15-29(28-16)19-5-3-2-4-6-19)30-21-11-17(12-25)7-8-20(21)23-26-13-18(9-10-24)14-27-23/h7-8,11,13-15,19H,2-6,9-10,24H2,1H3. The molecular formula is C23H26N6O. The molecule has 1 aromatic carbocycles. The van der Waals surface area contributed by atoms with E-state index in [2.05, 4.69) is 16.0 Å². The van der Waals surface area contributed by atoms with Crippen LogP contribution in [0.5, 0.6) is 11.5 Å². The lowest BCUT2D eigenvalue weighted by Gasteiger charge is -2.21. The Morgan fingerprint density at radius 1 is 1.17 bits per heavy atom. The Morgan fingerprint density at radius 3 is 2.63 bits per heavy atom. The molecule has 1 aliphatic rings. The van der Waals surface area contributed by atoms with Gasteiger partial charge in [0.05, 0.1) is 29.4 Å². The van der Waals surface area contributed by atoms with Crippen LogP contribution in [0.15, 0.2) is 36.8 Å². The lowest BCUT2D eigenvalue weighted by molar-refractivity contribution is 0.328. The number of ether oxygens (including phenoxy) is 1. The normalized spacial score (nSPS) is 14.4. The highest BCUT2D eigenvalue weighted by Gasteiger charge is 2.19. The monoisotopic (exact) mass is 402 g/mol. The van der Waals surface area contributed by atoms with Crippen molar-refractivity contribution in [1.29, 1.82) is 5.26 Å². The molecule has 7 nitrogen and oxygen atoms in total. The van der Waals surface area contributed by atoms with E-state index in [9.17, 15) is 5.26 Å². The van der Waals surface area contributed by atoms with Crippen LogP contribution in [0, 0.1) is 18.3 Å². The lowest BCUT2D eigenvalue weighted by atomic mass is 9.96. The second-order valence-electron chi connectivity index (χ2n) is 7.73. The van der Waals surface area contributed by atoms with Crippen molar-refractivity contribution in [1.82, 2.24) is 19.7 Å². The largest absolute Gasteiger partial charge is 0.453 e. The lowest BCUT2D eigenvalue weighted by Crippen LogP contribution is -2.13. The Hall–Kier alpha value is -3.24. The number of aromatic nitrogens is 4. The highest BCUT2D eigenvalue weighted by atomic mass is 16.5. The molecule has 0 aliphatic heterocycles. The van der Waals surface area contributed by atoms with E-state index in [4.69, 9.17) is 15.6 Å². The molecule has 2 heterocycles. The van der Waals surface area contributed by atoms with Crippen LogP contribution >= 0.6 is 0 Å². The molecule has 1 saturated carbocycles. The summed E-state index contributed by atoms with van der Waals surface area (Å²) in [5, 5.41) is 14.0. The van der Waals surface area contributed by atoms with Gasteiger partial charge in [0.25, 0.3) is 0 Å². The average Bonchev–Trinajstić information content (AvgIpc) is 3.15. The molecule has 0 atom stereocenters. The second-order valence-corrected chi connectivity index (χ2v) is 7.73. The molecule has 0 radical (unpaired) electrons. The van der Waals surface area contributed by atoms with E-state index >= 15 is 0 Å². The first-order valence-corrected chi connectivity index (χ1v) is 10.5. The molecule has 30 heavy (non-hydrogen) atoms. The summed E-state index contributed by atoms with van der Waals surface area (Å²) in [6.07, 6.45) is 12.4. The van der Waals surface area contributed by atoms with Crippen molar-refractivity contribution in [3.63, 3.8) is 0 Å². The molecule has 1 aliphatic carbocycles. The first-order valence-electron chi connectivity index (χ1n) is 10.5. The van der Waals surface area contributed by atoms with Crippen LogP contribution in [0.3, 0.4) is 0 Å². The van der Waals surface area contributed by atoms with Gasteiger partial charge in [-0.3, -0.25) is 4.68 Å². The van der Waals surface area contributed by atoms with Crippen molar-refractivity contribution in [2.75, 3.05) is 6.54 Å². The third-order valence-electron chi connectivity index (χ3n) is 5.53. The van der Waals surface area contributed by atoms with Gasteiger partial charge >= 0.3 is 0 Å². The van der Waals surface area contributed by atoms with Gasteiger partial charge in [0, 0.05) is 12.4 Å². The van der Waals surface area contributed by atoms with Crippen molar-refractivity contribution in [3.8, 4) is 29.0 Å². The van der Waals surface area contributed by atoms with Crippen LogP contribution in [0.1, 0.15) is 55.0 Å². The van der Waals surface area contributed by atoms with Gasteiger partial charge in [0.1, 0.15) is 11.4 Å². The van der Waals surface area contributed by atoms with Gasteiger partial charge in [-0.25, -0.2) is 9.97 Å². The number of hydrogen-bond acceptors (Lipinski definition) is 6. The minimum atomic E-state index is 0.429.